The molecule has 11 heteroatoms. The number of anilines is 3. The summed E-state index contributed by atoms with van der Waals surface area (Å²) in [6.07, 6.45) is 0.874. The Bertz CT molecular complexity index is 788. The molecular weight excluding hydrogens is 305 g/mol. The number of carbonyl (C=O) groups excluding carboxylic acids is 1. The lowest BCUT2D eigenvalue weighted by molar-refractivity contribution is 0.101. The second kappa shape index (κ2) is 5.36. The standard InChI is InChI=1S/C10H10FN5O4S/c1-21(18,19)16-7-4-5(2-3-6(7)11)13-10(17)8-9(12)15-20-14-8/h2-4,16H,1H3,(H2,12,15)(H,13,17). The smallest absolute Gasteiger partial charge is 0.281 e. The van der Waals surface area contributed by atoms with E-state index in [-0.39, 0.29) is 22.9 Å². The van der Waals surface area contributed by atoms with Crippen LogP contribution in [0.3, 0.4) is 0 Å². The van der Waals surface area contributed by atoms with E-state index in [9.17, 15) is 17.6 Å². The molecule has 1 heterocycles. The first-order valence-electron chi connectivity index (χ1n) is 5.43. The van der Waals surface area contributed by atoms with Crippen LogP contribution in [0.2, 0.25) is 0 Å². The van der Waals surface area contributed by atoms with Crippen molar-refractivity contribution in [2.45, 2.75) is 0 Å². The third-order valence-electron chi connectivity index (χ3n) is 2.25. The molecule has 0 saturated heterocycles. The number of nitrogens with two attached hydrogens (primary N) is 1. The van der Waals surface area contributed by atoms with Gasteiger partial charge in [0, 0.05) is 5.69 Å². The normalized spacial score (nSPS) is 11.1. The minimum atomic E-state index is -3.65. The average molecular weight is 315 g/mol. The Morgan fingerprint density at radius 3 is 2.67 bits per heavy atom. The lowest BCUT2D eigenvalue weighted by Gasteiger charge is -2.08. The molecule has 2 rings (SSSR count). The van der Waals surface area contributed by atoms with Crippen LogP contribution in [0.15, 0.2) is 22.8 Å². The molecule has 0 spiro atoms. The molecule has 0 bridgehead atoms. The molecule has 0 saturated carbocycles. The van der Waals surface area contributed by atoms with Crippen LogP contribution in [-0.2, 0) is 10.0 Å². The summed E-state index contributed by atoms with van der Waals surface area (Å²) in [7, 11) is -3.65. The van der Waals surface area contributed by atoms with E-state index < -0.39 is 21.7 Å². The fourth-order valence-corrected chi connectivity index (χ4v) is 1.98. The van der Waals surface area contributed by atoms with Crippen molar-refractivity contribution in [2.24, 2.45) is 0 Å². The molecule has 1 amide bonds. The lowest BCUT2D eigenvalue weighted by atomic mass is 10.2. The SMILES string of the molecule is CS(=O)(=O)Nc1cc(NC(=O)c2nonc2N)ccc1F. The van der Waals surface area contributed by atoms with Crippen LogP contribution in [-0.4, -0.2) is 30.9 Å². The summed E-state index contributed by atoms with van der Waals surface area (Å²) in [5.74, 6) is -1.73. The van der Waals surface area contributed by atoms with Gasteiger partial charge < -0.3 is 11.1 Å². The van der Waals surface area contributed by atoms with Crippen LogP contribution < -0.4 is 15.8 Å². The van der Waals surface area contributed by atoms with Crippen molar-refractivity contribution in [3.8, 4) is 0 Å². The van der Waals surface area contributed by atoms with Gasteiger partial charge in [-0.3, -0.25) is 9.52 Å². The number of nitrogen functional groups attached to an aromatic ring is 1. The van der Waals surface area contributed by atoms with Crippen molar-refractivity contribution in [1.82, 2.24) is 10.3 Å². The van der Waals surface area contributed by atoms with Gasteiger partial charge in [0.25, 0.3) is 5.91 Å². The van der Waals surface area contributed by atoms with Crippen LogP contribution in [0.1, 0.15) is 10.5 Å². The number of aromatic nitrogens is 2. The molecule has 2 aromatic rings. The molecule has 0 aliphatic carbocycles. The predicted molar refractivity (Wildman–Crippen MR) is 71.5 cm³/mol. The fourth-order valence-electron chi connectivity index (χ4n) is 1.42. The third kappa shape index (κ3) is 3.66. The number of halogens is 1. The Balaban J connectivity index is 2.24. The summed E-state index contributed by atoms with van der Waals surface area (Å²) >= 11 is 0. The molecule has 9 nitrogen and oxygen atoms in total. The van der Waals surface area contributed by atoms with E-state index in [1.807, 2.05) is 4.72 Å². The van der Waals surface area contributed by atoms with Crippen molar-refractivity contribution in [2.75, 3.05) is 22.0 Å². The molecule has 0 unspecified atom stereocenters. The molecule has 0 aliphatic heterocycles. The summed E-state index contributed by atoms with van der Waals surface area (Å²) in [4.78, 5) is 11.8. The zero-order valence-corrected chi connectivity index (χ0v) is 11.4. The first kappa shape index (κ1) is 14.7. The highest BCUT2D eigenvalue weighted by Gasteiger charge is 2.17. The highest BCUT2D eigenvalue weighted by molar-refractivity contribution is 7.92. The number of sulfonamides is 1. The maximum absolute atomic E-state index is 13.5. The molecular formula is C10H10FN5O4S. The topological polar surface area (TPSA) is 140 Å². The third-order valence-corrected chi connectivity index (χ3v) is 2.84. The van der Waals surface area contributed by atoms with Crippen LogP contribution in [0.4, 0.5) is 21.6 Å². The second-order valence-corrected chi connectivity index (χ2v) is 5.77. The summed E-state index contributed by atoms with van der Waals surface area (Å²) in [5.41, 5.74) is 4.94. The number of benzene rings is 1. The monoisotopic (exact) mass is 315 g/mol. The highest BCUT2D eigenvalue weighted by Crippen LogP contribution is 2.21. The van der Waals surface area contributed by atoms with Gasteiger partial charge in [-0.1, -0.05) is 0 Å². The Kier molecular flexibility index (Phi) is 3.76. The number of amides is 1. The Morgan fingerprint density at radius 1 is 1.38 bits per heavy atom. The molecule has 1 aromatic carbocycles. The Morgan fingerprint density at radius 2 is 2.10 bits per heavy atom. The molecule has 0 radical (unpaired) electrons. The quantitative estimate of drug-likeness (QED) is 0.742. The number of nitrogens with one attached hydrogen (secondary N) is 2. The van der Waals surface area contributed by atoms with Gasteiger partial charge in [0.1, 0.15) is 5.82 Å². The average Bonchev–Trinajstić information content (AvgIpc) is 2.78. The molecule has 0 fully saturated rings. The van der Waals surface area contributed by atoms with Gasteiger partial charge in [-0.25, -0.2) is 17.4 Å². The van der Waals surface area contributed by atoms with Gasteiger partial charge in [0.05, 0.1) is 11.9 Å². The van der Waals surface area contributed by atoms with Crippen molar-refractivity contribution < 1.29 is 22.2 Å². The van der Waals surface area contributed by atoms with E-state index >= 15 is 0 Å². The van der Waals surface area contributed by atoms with Gasteiger partial charge in [-0.15, -0.1) is 0 Å². The molecule has 0 atom stereocenters. The van der Waals surface area contributed by atoms with Gasteiger partial charge in [0.15, 0.2) is 0 Å². The molecule has 1 aromatic heterocycles. The minimum absolute atomic E-state index is 0.134. The summed E-state index contributed by atoms with van der Waals surface area (Å²) < 4.78 is 41.9. The maximum Gasteiger partial charge on any atom is 0.281 e. The van der Waals surface area contributed by atoms with E-state index in [1.54, 1.807) is 0 Å². The second-order valence-electron chi connectivity index (χ2n) is 4.02. The van der Waals surface area contributed by atoms with Gasteiger partial charge in [-0.2, -0.15) is 0 Å². The van der Waals surface area contributed by atoms with Gasteiger partial charge in [0.2, 0.25) is 21.5 Å². The summed E-state index contributed by atoms with van der Waals surface area (Å²) in [6.45, 7) is 0. The van der Waals surface area contributed by atoms with Gasteiger partial charge in [-0.05, 0) is 28.5 Å². The molecule has 112 valence electrons. The van der Waals surface area contributed by atoms with E-state index in [0.29, 0.717) is 0 Å². The number of carbonyl (C=O) groups is 1. The number of nitrogens with zero attached hydrogens (tertiary/aromatic N) is 2. The number of hydrogen-bond donors (Lipinski definition) is 3. The maximum atomic E-state index is 13.5. The van der Waals surface area contributed by atoms with Crippen molar-refractivity contribution >= 4 is 33.1 Å². The fraction of sp³-hybridized carbons (Fsp3) is 0.100. The van der Waals surface area contributed by atoms with Crippen molar-refractivity contribution in [3.63, 3.8) is 0 Å². The Hall–Kier alpha value is -2.69. The van der Waals surface area contributed by atoms with E-state index in [0.717, 1.165) is 18.4 Å². The zero-order valence-electron chi connectivity index (χ0n) is 10.6. The van der Waals surface area contributed by atoms with Crippen molar-refractivity contribution in [1.29, 1.82) is 0 Å². The van der Waals surface area contributed by atoms with E-state index in [4.69, 9.17) is 5.73 Å². The van der Waals surface area contributed by atoms with Crippen molar-refractivity contribution in [3.05, 3.63) is 29.7 Å². The number of hydrogen-bond acceptors (Lipinski definition) is 7. The summed E-state index contributed by atoms with van der Waals surface area (Å²) in [5, 5.41) is 8.90. The first-order valence-corrected chi connectivity index (χ1v) is 7.32. The molecule has 21 heavy (non-hydrogen) atoms. The number of rotatable bonds is 4. The molecule has 4 N–H and O–H groups in total. The van der Waals surface area contributed by atoms with E-state index in [1.165, 1.54) is 6.07 Å². The lowest BCUT2D eigenvalue weighted by Crippen LogP contribution is -2.15. The summed E-state index contributed by atoms with van der Waals surface area (Å²) in [6, 6.07) is 3.34. The van der Waals surface area contributed by atoms with Crippen LogP contribution in [0.5, 0.6) is 0 Å². The molecule has 0 aliphatic rings. The van der Waals surface area contributed by atoms with E-state index in [2.05, 4.69) is 20.3 Å². The minimum Gasteiger partial charge on any atom is -0.379 e. The first-order chi connectivity index (χ1) is 9.76. The zero-order chi connectivity index (χ0) is 15.6. The van der Waals surface area contributed by atoms with Crippen LogP contribution >= 0.6 is 0 Å². The highest BCUT2D eigenvalue weighted by atomic mass is 32.2. The Labute approximate surface area is 118 Å². The van der Waals surface area contributed by atoms with Gasteiger partial charge >= 0.3 is 0 Å². The van der Waals surface area contributed by atoms with Crippen LogP contribution in [0.25, 0.3) is 0 Å². The predicted octanol–water partition coefficient (Wildman–Crippen LogP) is 0.415. The van der Waals surface area contributed by atoms with Crippen LogP contribution in [0, 0.1) is 5.82 Å². The largest absolute Gasteiger partial charge is 0.379 e.